The molecule has 68 valence electrons. The van der Waals surface area contributed by atoms with E-state index in [9.17, 15) is 4.79 Å². The minimum absolute atomic E-state index is 0.0816. The number of hydrogen-bond acceptors (Lipinski definition) is 4. The van der Waals surface area contributed by atoms with Crippen molar-refractivity contribution < 1.29 is 9.63 Å². The van der Waals surface area contributed by atoms with Crippen LogP contribution >= 0.6 is 0 Å². The molecule has 0 spiro atoms. The monoisotopic (exact) mass is 170 g/mol. The minimum Gasteiger partial charge on any atom is -0.327 e. The first kappa shape index (κ1) is 9.26. The Labute approximate surface area is 71.9 Å². The van der Waals surface area contributed by atoms with Gasteiger partial charge in [0.2, 0.25) is 0 Å². The summed E-state index contributed by atoms with van der Waals surface area (Å²) < 4.78 is 0. The number of carbonyl (C=O) groups excluding carboxylic acids is 1. The second kappa shape index (κ2) is 4.26. The van der Waals surface area contributed by atoms with E-state index in [2.05, 4.69) is 0 Å². The van der Waals surface area contributed by atoms with E-state index in [1.54, 1.807) is 5.06 Å². The lowest BCUT2D eigenvalue weighted by molar-refractivity contribution is -0.136. The Morgan fingerprint density at radius 3 is 3.17 bits per heavy atom. The van der Waals surface area contributed by atoms with Gasteiger partial charge in [0.05, 0.1) is 6.61 Å². The zero-order valence-electron chi connectivity index (χ0n) is 7.25. The predicted molar refractivity (Wildman–Crippen MR) is 44.7 cm³/mol. The van der Waals surface area contributed by atoms with Crippen LogP contribution in [-0.4, -0.2) is 30.2 Å². The predicted octanol–water partition coefficient (Wildman–Crippen LogP) is 0.0765. The molecule has 2 N–H and O–H groups in total. The highest BCUT2D eigenvalue weighted by atomic mass is 16.7. The average Bonchev–Trinajstić information content (AvgIpc) is 2.08. The Kier molecular flexibility index (Phi) is 3.29. The number of nitrogens with zero attached hydrogens (tertiary/aromatic N) is 1. The fourth-order valence-corrected chi connectivity index (χ4v) is 1.26. The summed E-state index contributed by atoms with van der Waals surface area (Å²) >= 11 is 0. The molecule has 1 aliphatic rings. The highest BCUT2D eigenvalue weighted by Crippen LogP contribution is 2.17. The maximum absolute atomic E-state index is 10.5. The van der Waals surface area contributed by atoms with E-state index in [0.717, 1.165) is 6.42 Å². The minimum atomic E-state index is 0.0816. The van der Waals surface area contributed by atoms with Gasteiger partial charge >= 0.3 is 0 Å². The van der Waals surface area contributed by atoms with Crippen LogP contribution < -0.4 is 5.73 Å². The summed E-state index contributed by atoms with van der Waals surface area (Å²) in [7, 11) is 0. The van der Waals surface area contributed by atoms with E-state index >= 15 is 0 Å². The summed E-state index contributed by atoms with van der Waals surface area (Å²) in [6, 6.07) is 0.0816. The highest BCUT2D eigenvalue weighted by Gasteiger charge is 2.21. The summed E-state index contributed by atoms with van der Waals surface area (Å²) in [6.45, 7) is 3.15. The van der Waals surface area contributed by atoms with Crippen molar-refractivity contribution in [2.75, 3.05) is 13.2 Å². The van der Waals surface area contributed by atoms with Crippen LogP contribution in [0, 0.1) is 0 Å². The Bertz CT molecular complexity index is 199. The molecule has 0 saturated carbocycles. The van der Waals surface area contributed by atoms with E-state index in [-0.39, 0.29) is 6.04 Å². The molecule has 12 heavy (non-hydrogen) atoms. The van der Waals surface area contributed by atoms with Gasteiger partial charge in [-0.3, -0.25) is 4.84 Å². The van der Waals surface area contributed by atoms with Crippen LogP contribution in [0.4, 0.5) is 0 Å². The van der Waals surface area contributed by atoms with Crippen molar-refractivity contribution in [1.82, 2.24) is 5.06 Å². The van der Waals surface area contributed by atoms with Gasteiger partial charge in [-0.15, -0.1) is 0 Å². The van der Waals surface area contributed by atoms with Gasteiger partial charge in [0, 0.05) is 19.0 Å². The fraction of sp³-hybridized carbons (Fsp3) is 0.750. The van der Waals surface area contributed by atoms with Crippen LogP contribution in [0.25, 0.3) is 0 Å². The van der Waals surface area contributed by atoms with Gasteiger partial charge in [-0.1, -0.05) is 0 Å². The molecule has 1 aliphatic heterocycles. The number of nitrogens with two attached hydrogens (primary N) is 1. The second-order valence-corrected chi connectivity index (χ2v) is 2.82. The van der Waals surface area contributed by atoms with Crippen LogP contribution in [0.3, 0.4) is 0 Å². The van der Waals surface area contributed by atoms with Gasteiger partial charge in [0.15, 0.2) is 0 Å². The normalized spacial score (nSPS) is 24.0. The maximum Gasteiger partial charge on any atom is 0.148 e. The summed E-state index contributed by atoms with van der Waals surface area (Å²) in [4.78, 5) is 15.7. The average molecular weight is 170 g/mol. The van der Waals surface area contributed by atoms with Gasteiger partial charge in [0.25, 0.3) is 0 Å². The molecule has 0 aliphatic carbocycles. The number of hydroxylamine groups is 2. The van der Waals surface area contributed by atoms with Gasteiger partial charge in [-0.05, 0) is 13.3 Å². The number of hydrogen-bond donors (Lipinski definition) is 1. The SMILES string of the molecule is CCON1CCC(N)CC1=C=O. The van der Waals surface area contributed by atoms with Crippen LogP contribution in [0.1, 0.15) is 19.8 Å². The zero-order chi connectivity index (χ0) is 8.97. The van der Waals surface area contributed by atoms with Crippen molar-refractivity contribution in [2.45, 2.75) is 25.8 Å². The Hall–Kier alpha value is -0.830. The quantitative estimate of drug-likeness (QED) is 0.596. The molecule has 0 aromatic carbocycles. The third-order valence-electron chi connectivity index (χ3n) is 1.86. The lowest BCUT2D eigenvalue weighted by atomic mass is 10.1. The molecule has 1 unspecified atom stereocenters. The summed E-state index contributed by atoms with van der Waals surface area (Å²) in [5, 5.41) is 1.59. The van der Waals surface area contributed by atoms with Crippen molar-refractivity contribution in [3.63, 3.8) is 0 Å². The van der Waals surface area contributed by atoms with Crippen molar-refractivity contribution in [2.24, 2.45) is 5.73 Å². The van der Waals surface area contributed by atoms with Gasteiger partial charge < -0.3 is 5.73 Å². The fourth-order valence-electron chi connectivity index (χ4n) is 1.26. The van der Waals surface area contributed by atoms with Crippen molar-refractivity contribution in [3.8, 4) is 0 Å². The van der Waals surface area contributed by atoms with E-state index in [0.29, 0.717) is 25.3 Å². The molecule has 1 atom stereocenters. The van der Waals surface area contributed by atoms with Crippen LogP contribution in [0.2, 0.25) is 0 Å². The number of rotatable bonds is 2. The van der Waals surface area contributed by atoms with E-state index < -0.39 is 0 Å². The molecule has 4 heteroatoms. The molecule has 0 radical (unpaired) electrons. The van der Waals surface area contributed by atoms with E-state index in [1.165, 1.54) is 0 Å². The smallest absolute Gasteiger partial charge is 0.148 e. The van der Waals surface area contributed by atoms with Crippen molar-refractivity contribution in [1.29, 1.82) is 0 Å². The molecule has 1 saturated heterocycles. The molecule has 1 heterocycles. The van der Waals surface area contributed by atoms with Gasteiger partial charge in [-0.2, -0.15) is 0 Å². The largest absolute Gasteiger partial charge is 0.327 e. The molecule has 0 bridgehead atoms. The Balaban J connectivity index is 2.57. The number of piperidine rings is 1. The molecular formula is C8H14N2O2. The standard InChI is InChI=1S/C8H14N2O2/c1-2-12-10-4-3-7(9)5-8(10)6-11/h7H,2-5,9H2,1H3. The molecule has 0 amide bonds. The first-order valence-electron chi connectivity index (χ1n) is 4.18. The van der Waals surface area contributed by atoms with Gasteiger partial charge in [0.1, 0.15) is 11.6 Å². The lowest BCUT2D eigenvalue weighted by Crippen LogP contribution is -2.38. The first-order valence-corrected chi connectivity index (χ1v) is 4.18. The lowest BCUT2D eigenvalue weighted by Gasteiger charge is -2.30. The maximum atomic E-state index is 10.5. The van der Waals surface area contributed by atoms with Gasteiger partial charge in [-0.25, -0.2) is 9.86 Å². The molecule has 0 aromatic heterocycles. The Morgan fingerprint density at radius 1 is 1.83 bits per heavy atom. The summed E-state index contributed by atoms with van der Waals surface area (Å²) in [5.74, 6) is 1.86. The summed E-state index contributed by atoms with van der Waals surface area (Å²) in [5.41, 5.74) is 6.21. The van der Waals surface area contributed by atoms with Crippen LogP contribution in [0.15, 0.2) is 5.70 Å². The topological polar surface area (TPSA) is 55.6 Å². The Morgan fingerprint density at radius 2 is 2.58 bits per heavy atom. The molecular weight excluding hydrogens is 156 g/mol. The van der Waals surface area contributed by atoms with Crippen LogP contribution in [0.5, 0.6) is 0 Å². The summed E-state index contributed by atoms with van der Waals surface area (Å²) in [6.07, 6.45) is 1.44. The van der Waals surface area contributed by atoms with E-state index in [4.69, 9.17) is 10.6 Å². The van der Waals surface area contributed by atoms with Crippen molar-refractivity contribution >= 4 is 5.94 Å². The molecule has 1 rings (SSSR count). The van der Waals surface area contributed by atoms with Crippen molar-refractivity contribution in [3.05, 3.63) is 5.70 Å². The van der Waals surface area contributed by atoms with Crippen LogP contribution in [-0.2, 0) is 9.63 Å². The molecule has 0 aromatic rings. The second-order valence-electron chi connectivity index (χ2n) is 2.82. The van der Waals surface area contributed by atoms with E-state index in [1.807, 2.05) is 12.9 Å². The highest BCUT2D eigenvalue weighted by molar-refractivity contribution is 5.51. The molecule has 4 nitrogen and oxygen atoms in total. The first-order chi connectivity index (χ1) is 5.77. The molecule has 1 fully saturated rings. The zero-order valence-corrected chi connectivity index (χ0v) is 7.25. The third-order valence-corrected chi connectivity index (χ3v) is 1.86. The third kappa shape index (κ3) is 2.08.